The molecular formula is C22H14N10S. The zero-order valence-electron chi connectivity index (χ0n) is 17.5. The van der Waals surface area contributed by atoms with Crippen molar-refractivity contribution >= 4 is 47.8 Å². The quantitative estimate of drug-likeness (QED) is 0.569. The predicted molar refractivity (Wildman–Crippen MR) is 124 cm³/mol. The number of fused-ring (bicyclic) bond motifs is 1. The molecule has 0 spiro atoms. The molecular weight excluding hydrogens is 436 g/mol. The van der Waals surface area contributed by atoms with Crippen molar-refractivity contribution in [2.24, 2.45) is 14.1 Å². The summed E-state index contributed by atoms with van der Waals surface area (Å²) in [5.41, 5.74) is 4.11. The first-order valence-electron chi connectivity index (χ1n) is 9.47. The van der Waals surface area contributed by atoms with E-state index in [-0.39, 0.29) is 22.8 Å². The summed E-state index contributed by atoms with van der Waals surface area (Å²) in [6.07, 6.45) is 7.21. The summed E-state index contributed by atoms with van der Waals surface area (Å²) in [7, 11) is 3.38. The number of benzene rings is 1. The maximum atomic E-state index is 9.23. The van der Waals surface area contributed by atoms with Gasteiger partial charge in [-0.3, -0.25) is 0 Å². The minimum atomic E-state index is 0.0918. The van der Waals surface area contributed by atoms with Crippen LogP contribution >= 0.6 is 12.1 Å². The molecule has 0 amide bonds. The predicted octanol–water partition coefficient (Wildman–Crippen LogP) is 3.38. The van der Waals surface area contributed by atoms with E-state index in [9.17, 15) is 10.5 Å². The average molecular weight is 450 g/mol. The van der Waals surface area contributed by atoms with Crippen molar-refractivity contribution in [1.29, 1.82) is 21.0 Å². The molecule has 0 unspecified atom stereocenters. The Labute approximate surface area is 193 Å². The molecule has 2 aromatic heterocycles. The minimum Gasteiger partial charge on any atom is -0.318 e. The third-order valence-electron chi connectivity index (χ3n) is 5.08. The van der Waals surface area contributed by atoms with Crippen LogP contribution in [0.5, 0.6) is 0 Å². The molecule has 0 aliphatic carbocycles. The van der Waals surface area contributed by atoms with Gasteiger partial charge in [0.1, 0.15) is 35.9 Å². The fraction of sp³-hybridized carbons (Fsp3) is 0.0909. The molecule has 33 heavy (non-hydrogen) atoms. The lowest BCUT2D eigenvalue weighted by Crippen LogP contribution is -1.95. The van der Waals surface area contributed by atoms with Crippen molar-refractivity contribution in [2.75, 3.05) is 9.44 Å². The summed E-state index contributed by atoms with van der Waals surface area (Å²) in [6.45, 7) is 0. The standard InChI is InChI=1S/C22H14N10S/c1-31-17(11-25)15(9-23)27-19(31)7-5-13-3-4-14(22-21(13)29-33-30-22)6-8-20-28-16(10-24)18(12-26)32(20)2/h3-8,29-30H,1-2H3/b7-5+,8-6+. The Morgan fingerprint density at radius 3 is 1.48 bits per heavy atom. The fourth-order valence-electron chi connectivity index (χ4n) is 3.33. The van der Waals surface area contributed by atoms with Gasteiger partial charge < -0.3 is 18.6 Å². The Balaban J connectivity index is 1.67. The molecule has 4 rings (SSSR count). The normalized spacial score (nSPS) is 11.9. The summed E-state index contributed by atoms with van der Waals surface area (Å²) in [5.74, 6) is 0.992. The number of nitrogens with one attached hydrogen (secondary N) is 2. The summed E-state index contributed by atoms with van der Waals surface area (Å²) in [6, 6.07) is 11.7. The third-order valence-corrected chi connectivity index (χ3v) is 5.70. The van der Waals surface area contributed by atoms with Gasteiger partial charge in [-0.15, -0.1) is 0 Å². The van der Waals surface area contributed by atoms with Gasteiger partial charge in [0, 0.05) is 25.2 Å². The molecule has 3 heterocycles. The van der Waals surface area contributed by atoms with E-state index in [0.717, 1.165) is 22.5 Å². The van der Waals surface area contributed by atoms with E-state index in [1.807, 2.05) is 48.6 Å². The molecule has 1 aliphatic rings. The topological polar surface area (TPSA) is 155 Å². The van der Waals surface area contributed by atoms with Crippen LogP contribution in [0.2, 0.25) is 0 Å². The van der Waals surface area contributed by atoms with Crippen molar-refractivity contribution in [2.45, 2.75) is 0 Å². The van der Waals surface area contributed by atoms with Crippen molar-refractivity contribution < 1.29 is 0 Å². The molecule has 0 saturated carbocycles. The first-order valence-corrected chi connectivity index (χ1v) is 10.3. The first kappa shape index (κ1) is 21.3. The second kappa shape index (κ2) is 8.64. The molecule has 0 radical (unpaired) electrons. The van der Waals surface area contributed by atoms with Gasteiger partial charge in [0.05, 0.1) is 23.5 Å². The highest BCUT2D eigenvalue weighted by atomic mass is 32.2. The second-order valence-corrected chi connectivity index (χ2v) is 7.48. The second-order valence-electron chi connectivity index (χ2n) is 6.87. The molecule has 3 aromatic rings. The highest BCUT2D eigenvalue weighted by Crippen LogP contribution is 2.40. The number of hydrogen-bond donors (Lipinski definition) is 2. The van der Waals surface area contributed by atoms with E-state index >= 15 is 0 Å². The lowest BCUT2D eigenvalue weighted by atomic mass is 10.1. The SMILES string of the molecule is Cn1c(/C=C/c2ccc(/C=C/c3nc(C#N)c(C#N)n3C)c3c2NSN3)nc(C#N)c1C#N. The molecule has 0 bridgehead atoms. The van der Waals surface area contributed by atoms with Crippen molar-refractivity contribution in [3.8, 4) is 24.3 Å². The van der Waals surface area contributed by atoms with Crippen LogP contribution in [-0.2, 0) is 14.1 Å². The Hall–Kier alpha value is -4.97. The average Bonchev–Trinajstić information content (AvgIpc) is 3.52. The maximum absolute atomic E-state index is 9.23. The number of hydrogen-bond acceptors (Lipinski definition) is 9. The molecule has 0 atom stereocenters. The Morgan fingerprint density at radius 1 is 0.727 bits per heavy atom. The number of rotatable bonds is 4. The molecule has 10 nitrogen and oxygen atoms in total. The van der Waals surface area contributed by atoms with E-state index in [2.05, 4.69) is 19.4 Å². The van der Waals surface area contributed by atoms with E-state index in [1.54, 1.807) is 35.4 Å². The van der Waals surface area contributed by atoms with Gasteiger partial charge in [-0.1, -0.05) is 12.1 Å². The zero-order valence-corrected chi connectivity index (χ0v) is 18.3. The van der Waals surface area contributed by atoms with Crippen molar-refractivity contribution in [3.63, 3.8) is 0 Å². The first-order chi connectivity index (χ1) is 16.0. The van der Waals surface area contributed by atoms with Crippen LogP contribution in [0, 0.1) is 45.3 Å². The molecule has 1 aromatic carbocycles. The highest BCUT2D eigenvalue weighted by Gasteiger charge is 2.18. The van der Waals surface area contributed by atoms with Crippen LogP contribution in [0.1, 0.15) is 45.6 Å². The zero-order chi connectivity index (χ0) is 23.5. The monoisotopic (exact) mass is 450 g/mol. The van der Waals surface area contributed by atoms with Crippen molar-refractivity contribution in [1.82, 2.24) is 19.1 Å². The highest BCUT2D eigenvalue weighted by molar-refractivity contribution is 8.02. The van der Waals surface area contributed by atoms with Crippen LogP contribution in [0.3, 0.4) is 0 Å². The molecule has 0 saturated heterocycles. The van der Waals surface area contributed by atoms with Gasteiger partial charge in [0.2, 0.25) is 0 Å². The molecule has 2 N–H and O–H groups in total. The van der Waals surface area contributed by atoms with Crippen LogP contribution in [0.4, 0.5) is 11.4 Å². The molecule has 158 valence electrons. The number of nitrogens with zero attached hydrogens (tertiary/aromatic N) is 8. The van der Waals surface area contributed by atoms with E-state index < -0.39 is 0 Å². The van der Waals surface area contributed by atoms with E-state index in [4.69, 9.17) is 10.5 Å². The number of imidazole rings is 2. The lowest BCUT2D eigenvalue weighted by Gasteiger charge is -2.07. The number of aromatic nitrogens is 4. The van der Waals surface area contributed by atoms with E-state index in [0.29, 0.717) is 11.6 Å². The van der Waals surface area contributed by atoms with Crippen LogP contribution in [-0.4, -0.2) is 19.1 Å². The lowest BCUT2D eigenvalue weighted by molar-refractivity contribution is 0.882. The van der Waals surface area contributed by atoms with Gasteiger partial charge in [-0.2, -0.15) is 21.0 Å². The van der Waals surface area contributed by atoms with Crippen LogP contribution in [0.25, 0.3) is 24.3 Å². The number of nitriles is 4. The molecule has 11 heteroatoms. The van der Waals surface area contributed by atoms with E-state index in [1.165, 1.54) is 12.1 Å². The van der Waals surface area contributed by atoms with Crippen molar-refractivity contribution in [3.05, 3.63) is 57.7 Å². The van der Waals surface area contributed by atoms with Crippen LogP contribution < -0.4 is 9.44 Å². The van der Waals surface area contributed by atoms with Crippen LogP contribution in [0.15, 0.2) is 12.1 Å². The Morgan fingerprint density at radius 2 is 1.15 bits per heavy atom. The smallest absolute Gasteiger partial charge is 0.177 e. The summed E-state index contributed by atoms with van der Waals surface area (Å²) in [5, 5.41) is 36.8. The van der Waals surface area contributed by atoms with Gasteiger partial charge in [-0.25, -0.2) is 9.97 Å². The van der Waals surface area contributed by atoms with Gasteiger partial charge in [0.25, 0.3) is 0 Å². The number of anilines is 2. The summed E-state index contributed by atoms with van der Waals surface area (Å²) >= 11 is 1.33. The molecule has 0 fully saturated rings. The largest absolute Gasteiger partial charge is 0.318 e. The fourth-order valence-corrected chi connectivity index (χ4v) is 4.03. The summed E-state index contributed by atoms with van der Waals surface area (Å²) < 4.78 is 9.59. The third kappa shape index (κ3) is 3.66. The molecule has 1 aliphatic heterocycles. The van der Waals surface area contributed by atoms with Gasteiger partial charge in [0.15, 0.2) is 22.8 Å². The maximum Gasteiger partial charge on any atom is 0.177 e. The van der Waals surface area contributed by atoms with Gasteiger partial charge in [-0.05, 0) is 24.3 Å². The Bertz CT molecular complexity index is 1400. The van der Waals surface area contributed by atoms with Gasteiger partial charge >= 0.3 is 0 Å². The Kier molecular flexibility index (Phi) is 5.57. The summed E-state index contributed by atoms with van der Waals surface area (Å²) in [4.78, 5) is 8.41. The minimum absolute atomic E-state index is 0.0918.